The van der Waals surface area contributed by atoms with Crippen molar-refractivity contribution in [3.05, 3.63) is 24.3 Å². The first-order valence-electron chi connectivity index (χ1n) is 12.2. The highest BCUT2D eigenvalue weighted by atomic mass is 31.2. The SMILES string of the molecule is C/C(=C\CNc1ncnc2c1ncn2[C@@H]1O[C@H](CO)[C@@H](O)[C@H]1O)CO[C@@H]1O[C@H](CO)[C@@H](O)[C@H](O)[C@H]1O.O=P(O)(O)O. The van der Waals surface area contributed by atoms with Crippen molar-refractivity contribution in [1.29, 1.82) is 0 Å². The van der Waals surface area contributed by atoms with E-state index in [0.29, 0.717) is 23.5 Å². The second-order valence-electron chi connectivity index (χ2n) is 9.23. The molecule has 41 heavy (non-hydrogen) atoms. The molecule has 20 heteroatoms. The molecule has 232 valence electrons. The van der Waals surface area contributed by atoms with Crippen LogP contribution in [0.25, 0.3) is 11.2 Å². The quantitative estimate of drug-likeness (QED) is 0.0943. The molecule has 0 bridgehead atoms. The highest BCUT2D eigenvalue weighted by Crippen LogP contribution is 2.32. The first kappa shape index (κ1) is 33.3. The Morgan fingerprint density at radius 2 is 1.59 bits per heavy atom. The van der Waals surface area contributed by atoms with E-state index in [9.17, 15) is 35.7 Å². The molecule has 0 unspecified atom stereocenters. The Morgan fingerprint density at radius 3 is 2.20 bits per heavy atom. The molecule has 0 amide bonds. The zero-order valence-corrected chi connectivity index (χ0v) is 22.5. The fraction of sp³-hybridized carbons (Fsp3) is 0.667. The van der Waals surface area contributed by atoms with Gasteiger partial charge in [0.15, 0.2) is 29.5 Å². The van der Waals surface area contributed by atoms with Gasteiger partial charge < -0.3 is 70.0 Å². The summed E-state index contributed by atoms with van der Waals surface area (Å²) in [7, 11) is -4.64. The number of rotatable bonds is 9. The first-order chi connectivity index (χ1) is 19.3. The number of phosphoric acid groups is 1. The van der Waals surface area contributed by atoms with Crippen LogP contribution in [0.1, 0.15) is 13.2 Å². The number of hydrogen-bond donors (Lipinski definition) is 11. The Balaban J connectivity index is 0.000000850. The van der Waals surface area contributed by atoms with Crippen LogP contribution in [0.3, 0.4) is 0 Å². The number of hydrogen-bond acceptors (Lipinski definition) is 15. The van der Waals surface area contributed by atoms with Crippen LogP contribution in [0.5, 0.6) is 0 Å². The van der Waals surface area contributed by atoms with Crippen molar-refractivity contribution in [3.63, 3.8) is 0 Å². The van der Waals surface area contributed by atoms with E-state index < -0.39 is 76.3 Å². The van der Waals surface area contributed by atoms with E-state index in [0.717, 1.165) is 5.57 Å². The van der Waals surface area contributed by atoms with Crippen molar-refractivity contribution >= 4 is 24.8 Å². The number of anilines is 1. The van der Waals surface area contributed by atoms with Gasteiger partial charge in [-0.3, -0.25) is 4.57 Å². The lowest BCUT2D eigenvalue weighted by Gasteiger charge is -2.39. The predicted molar refractivity (Wildman–Crippen MR) is 135 cm³/mol. The van der Waals surface area contributed by atoms with Crippen LogP contribution in [0, 0.1) is 0 Å². The molecule has 2 saturated heterocycles. The molecule has 9 atom stereocenters. The molecule has 0 radical (unpaired) electrons. The van der Waals surface area contributed by atoms with Gasteiger partial charge in [-0.15, -0.1) is 0 Å². The van der Waals surface area contributed by atoms with Crippen molar-refractivity contribution in [3.8, 4) is 0 Å². The fourth-order valence-electron chi connectivity index (χ4n) is 4.08. The Bertz CT molecular complexity index is 1200. The molecule has 4 heterocycles. The maximum Gasteiger partial charge on any atom is 0.466 e. The number of aliphatic hydroxyl groups is 7. The third-order valence-electron chi connectivity index (χ3n) is 6.19. The molecule has 19 nitrogen and oxygen atoms in total. The van der Waals surface area contributed by atoms with Crippen LogP contribution >= 0.6 is 7.82 Å². The van der Waals surface area contributed by atoms with Crippen molar-refractivity contribution in [2.45, 2.75) is 62.2 Å². The first-order valence-corrected chi connectivity index (χ1v) is 13.7. The third kappa shape index (κ3) is 8.43. The number of aliphatic hydroxyl groups excluding tert-OH is 7. The molecule has 0 aromatic carbocycles. The summed E-state index contributed by atoms with van der Waals surface area (Å²) in [5.41, 5.74) is 1.51. The van der Waals surface area contributed by atoms with Gasteiger partial charge in [0, 0.05) is 6.54 Å². The van der Waals surface area contributed by atoms with E-state index in [1.54, 1.807) is 13.0 Å². The Hall–Kier alpha value is -2.20. The molecule has 0 spiro atoms. The van der Waals surface area contributed by atoms with Crippen molar-refractivity contribution in [2.24, 2.45) is 0 Å². The summed E-state index contributed by atoms with van der Waals surface area (Å²) in [6.07, 6.45) is -6.66. The highest BCUT2D eigenvalue weighted by molar-refractivity contribution is 7.45. The van der Waals surface area contributed by atoms with Gasteiger partial charge in [0.25, 0.3) is 0 Å². The molecule has 2 aliphatic rings. The van der Waals surface area contributed by atoms with Gasteiger partial charge in [-0.25, -0.2) is 19.5 Å². The van der Waals surface area contributed by atoms with Gasteiger partial charge >= 0.3 is 7.82 Å². The second kappa shape index (κ2) is 14.3. The molecule has 4 rings (SSSR count). The van der Waals surface area contributed by atoms with Gasteiger partial charge in [-0.05, 0) is 12.5 Å². The number of fused-ring (bicyclic) bond motifs is 1. The van der Waals surface area contributed by atoms with E-state index in [4.69, 9.17) is 33.5 Å². The molecule has 2 aliphatic heterocycles. The Morgan fingerprint density at radius 1 is 0.976 bits per heavy atom. The minimum Gasteiger partial charge on any atom is -0.394 e. The van der Waals surface area contributed by atoms with Gasteiger partial charge in [0.2, 0.25) is 0 Å². The van der Waals surface area contributed by atoms with Crippen LogP contribution in [-0.2, 0) is 18.8 Å². The largest absolute Gasteiger partial charge is 0.466 e. The van der Waals surface area contributed by atoms with Crippen molar-refractivity contribution in [2.75, 3.05) is 31.7 Å². The van der Waals surface area contributed by atoms with Crippen LogP contribution in [0.4, 0.5) is 5.82 Å². The average molecular weight is 611 g/mol. The normalized spacial score (nSPS) is 32.6. The highest BCUT2D eigenvalue weighted by Gasteiger charge is 2.45. The van der Waals surface area contributed by atoms with E-state index >= 15 is 0 Å². The summed E-state index contributed by atoms with van der Waals surface area (Å²) in [5, 5.41) is 71.7. The number of ether oxygens (including phenoxy) is 3. The summed E-state index contributed by atoms with van der Waals surface area (Å²) in [6.45, 7) is 1.15. The van der Waals surface area contributed by atoms with Crippen molar-refractivity contribution in [1.82, 2.24) is 19.5 Å². The summed E-state index contributed by atoms with van der Waals surface area (Å²) in [6, 6.07) is 0. The molecule has 2 fully saturated rings. The van der Waals surface area contributed by atoms with Crippen LogP contribution < -0.4 is 5.32 Å². The molecule has 2 aromatic rings. The molecule has 0 aliphatic carbocycles. The molecule has 2 aromatic heterocycles. The summed E-state index contributed by atoms with van der Waals surface area (Å²) >= 11 is 0. The number of nitrogens with zero attached hydrogens (tertiary/aromatic N) is 4. The van der Waals surface area contributed by atoms with E-state index in [2.05, 4.69) is 20.3 Å². The van der Waals surface area contributed by atoms with Crippen molar-refractivity contribution < 1.29 is 69.2 Å². The molecule has 11 N–H and O–H groups in total. The molecular weight excluding hydrogens is 577 g/mol. The van der Waals surface area contributed by atoms with Gasteiger partial charge in [-0.2, -0.15) is 0 Å². The lowest BCUT2D eigenvalue weighted by molar-refractivity contribution is -0.299. The fourth-order valence-corrected chi connectivity index (χ4v) is 4.08. The standard InChI is InChI=1S/C21H31N5O10.H3O4P/c1-9(6-34-21-17(33)15(31)13(29)11(5-28)36-21)2-3-22-18-12-19(24-7-23-18)26(8-25-12)20-16(32)14(30)10(4-27)35-20;1-5(2,3)4/h2,7-8,10-11,13-17,20-21,27-33H,3-6H2,1H3,(H,22,23,24);(H3,1,2,3,4)/b9-2+;/t10-,11-,13-,14-,15+,16-,17-,20-,21-;/m1./s1. The molecular formula is C21H34N5O14P. The van der Waals surface area contributed by atoms with Gasteiger partial charge in [-0.1, -0.05) is 6.08 Å². The lowest BCUT2D eigenvalue weighted by Crippen LogP contribution is -2.59. The second-order valence-corrected chi connectivity index (χ2v) is 10.3. The summed E-state index contributed by atoms with van der Waals surface area (Å²) < 4.78 is 26.7. The van der Waals surface area contributed by atoms with Gasteiger partial charge in [0.05, 0.1) is 26.1 Å². The predicted octanol–water partition coefficient (Wildman–Crippen LogP) is -4.32. The van der Waals surface area contributed by atoms with Crippen LogP contribution in [0.2, 0.25) is 0 Å². The lowest BCUT2D eigenvalue weighted by atomic mass is 9.99. The topological polar surface area (TPSA) is 303 Å². The minimum atomic E-state index is -4.64. The Labute approximate surface area is 232 Å². The monoisotopic (exact) mass is 611 g/mol. The summed E-state index contributed by atoms with van der Waals surface area (Å²) in [5.74, 6) is 0.407. The minimum absolute atomic E-state index is 0.0451. The van der Waals surface area contributed by atoms with Gasteiger partial charge in [0.1, 0.15) is 49.1 Å². The average Bonchev–Trinajstić information content (AvgIpc) is 3.47. The third-order valence-corrected chi connectivity index (χ3v) is 6.19. The number of aromatic nitrogens is 4. The van der Waals surface area contributed by atoms with E-state index in [1.165, 1.54) is 17.2 Å². The smallest absolute Gasteiger partial charge is 0.394 e. The zero-order chi connectivity index (χ0) is 30.5. The summed E-state index contributed by atoms with van der Waals surface area (Å²) in [4.78, 5) is 34.2. The van der Waals surface area contributed by atoms with Crippen LogP contribution in [-0.4, -0.2) is 145 Å². The maximum atomic E-state index is 10.3. The van der Waals surface area contributed by atoms with E-state index in [-0.39, 0.29) is 6.61 Å². The van der Waals surface area contributed by atoms with E-state index in [1.807, 2.05) is 0 Å². The molecule has 0 saturated carbocycles. The number of nitrogens with one attached hydrogen (secondary N) is 1. The number of imidazole rings is 1. The Kier molecular flexibility index (Phi) is 11.6. The zero-order valence-electron chi connectivity index (χ0n) is 21.6. The van der Waals surface area contributed by atoms with Crippen LogP contribution in [0.15, 0.2) is 24.3 Å². The maximum absolute atomic E-state index is 10.3.